The van der Waals surface area contributed by atoms with Crippen molar-refractivity contribution in [2.45, 2.75) is 95.2 Å². The first-order valence-corrected chi connectivity index (χ1v) is 10.5. The van der Waals surface area contributed by atoms with Crippen molar-refractivity contribution in [3.63, 3.8) is 0 Å². The lowest BCUT2D eigenvalue weighted by Crippen LogP contribution is -2.56. The van der Waals surface area contributed by atoms with Crippen molar-refractivity contribution in [3.05, 3.63) is 0 Å². The van der Waals surface area contributed by atoms with Gasteiger partial charge in [-0.25, -0.2) is 0 Å². The molecule has 0 radical (unpaired) electrons. The zero-order chi connectivity index (χ0) is 16.8. The van der Waals surface area contributed by atoms with Crippen molar-refractivity contribution in [1.29, 1.82) is 0 Å². The second-order valence-corrected chi connectivity index (χ2v) is 8.36. The molecule has 1 saturated carbocycles. The fraction of sp³-hybridized carbons (Fsp3) is 0.950. The van der Waals surface area contributed by atoms with Gasteiger partial charge in [0.05, 0.1) is 0 Å². The topological polar surface area (TPSA) is 39.7 Å². The molecule has 25 heavy (non-hydrogen) atoms. The van der Waals surface area contributed by atoms with Crippen LogP contribution in [0.4, 0.5) is 0 Å². The molecule has 2 atom stereocenters. The van der Waals surface area contributed by atoms with E-state index in [1.807, 2.05) is 7.05 Å². The Morgan fingerprint density at radius 1 is 1.00 bits per heavy atom. The normalized spacial score (nSPS) is 30.8. The molecule has 0 aromatic carbocycles. The summed E-state index contributed by atoms with van der Waals surface area (Å²) in [6.07, 6.45) is 16.7. The van der Waals surface area contributed by atoms with Gasteiger partial charge in [-0.1, -0.05) is 44.9 Å². The Bertz CT molecular complexity index is 395. The van der Waals surface area contributed by atoms with Crippen LogP contribution in [0.3, 0.4) is 0 Å². The summed E-state index contributed by atoms with van der Waals surface area (Å²) >= 11 is 0. The Morgan fingerprint density at radius 2 is 1.68 bits per heavy atom. The SMILES string of the molecule is CN=C(NCCCCC1CCCC1)NC1CC2CCCC(C1)N2C.I. The highest BCUT2D eigenvalue weighted by Crippen LogP contribution is 2.32. The van der Waals surface area contributed by atoms with Gasteiger partial charge < -0.3 is 15.5 Å². The molecule has 2 N–H and O–H groups in total. The highest BCUT2D eigenvalue weighted by atomic mass is 127. The molecule has 2 heterocycles. The summed E-state index contributed by atoms with van der Waals surface area (Å²) in [6.45, 7) is 1.06. The molecule has 0 spiro atoms. The van der Waals surface area contributed by atoms with Crippen LogP contribution in [0.1, 0.15) is 77.0 Å². The van der Waals surface area contributed by atoms with E-state index in [0.29, 0.717) is 6.04 Å². The maximum Gasteiger partial charge on any atom is 0.191 e. The first-order chi connectivity index (χ1) is 11.8. The number of hydrogen-bond donors (Lipinski definition) is 2. The number of piperidine rings is 2. The number of halogens is 1. The fourth-order valence-corrected chi connectivity index (χ4v) is 5.19. The van der Waals surface area contributed by atoms with Crippen LogP contribution in [0.15, 0.2) is 4.99 Å². The third-order valence-corrected chi connectivity index (χ3v) is 6.71. The van der Waals surface area contributed by atoms with Gasteiger partial charge >= 0.3 is 0 Å². The predicted molar refractivity (Wildman–Crippen MR) is 118 cm³/mol. The van der Waals surface area contributed by atoms with Gasteiger partial charge in [-0.15, -0.1) is 24.0 Å². The van der Waals surface area contributed by atoms with Gasteiger partial charge in [-0.05, 0) is 45.1 Å². The number of fused-ring (bicyclic) bond motifs is 2. The number of nitrogens with zero attached hydrogens (tertiary/aromatic N) is 2. The molecule has 3 aliphatic rings. The lowest BCUT2D eigenvalue weighted by atomic mass is 9.82. The van der Waals surface area contributed by atoms with E-state index in [9.17, 15) is 0 Å². The third-order valence-electron chi connectivity index (χ3n) is 6.71. The minimum atomic E-state index is 0. The number of guanidine groups is 1. The van der Waals surface area contributed by atoms with Crippen LogP contribution in [-0.2, 0) is 0 Å². The summed E-state index contributed by atoms with van der Waals surface area (Å²) in [6, 6.07) is 2.15. The van der Waals surface area contributed by atoms with Gasteiger partial charge in [-0.2, -0.15) is 0 Å². The van der Waals surface area contributed by atoms with Crippen molar-refractivity contribution < 1.29 is 0 Å². The second kappa shape index (κ2) is 11.0. The highest BCUT2D eigenvalue weighted by molar-refractivity contribution is 14.0. The van der Waals surface area contributed by atoms with E-state index in [4.69, 9.17) is 0 Å². The standard InChI is InChI=1S/C20H38N4.HI/c1-21-20(22-13-6-5-10-16-8-3-4-9-16)23-17-14-18-11-7-12-19(15-17)24(18)2;/h16-19H,3-15H2,1-2H3,(H2,21,22,23);1H. The van der Waals surface area contributed by atoms with Crippen LogP contribution in [0, 0.1) is 5.92 Å². The monoisotopic (exact) mass is 462 g/mol. The first kappa shape index (κ1) is 21.3. The Labute approximate surface area is 172 Å². The van der Waals surface area contributed by atoms with E-state index in [-0.39, 0.29) is 24.0 Å². The summed E-state index contributed by atoms with van der Waals surface area (Å²) in [5.41, 5.74) is 0. The third kappa shape index (κ3) is 6.26. The quantitative estimate of drug-likeness (QED) is 0.270. The van der Waals surface area contributed by atoms with Gasteiger partial charge in [0.15, 0.2) is 5.96 Å². The minimum Gasteiger partial charge on any atom is -0.356 e. The summed E-state index contributed by atoms with van der Waals surface area (Å²) in [5, 5.41) is 7.24. The molecular formula is C20H39IN4. The summed E-state index contributed by atoms with van der Waals surface area (Å²) < 4.78 is 0. The van der Waals surface area contributed by atoms with Gasteiger partial charge in [0, 0.05) is 31.7 Å². The van der Waals surface area contributed by atoms with Crippen LogP contribution in [0.25, 0.3) is 0 Å². The smallest absolute Gasteiger partial charge is 0.191 e. The van der Waals surface area contributed by atoms with Crippen molar-refractivity contribution in [3.8, 4) is 0 Å². The molecule has 0 aromatic rings. The van der Waals surface area contributed by atoms with Crippen molar-refractivity contribution >= 4 is 29.9 Å². The maximum absolute atomic E-state index is 4.45. The average Bonchev–Trinajstić information content (AvgIpc) is 3.07. The molecule has 3 fully saturated rings. The van der Waals surface area contributed by atoms with E-state index in [1.165, 1.54) is 77.0 Å². The van der Waals surface area contributed by atoms with Gasteiger partial charge in [-0.3, -0.25) is 4.99 Å². The molecule has 2 aliphatic heterocycles. The van der Waals surface area contributed by atoms with Crippen molar-refractivity contribution in [2.24, 2.45) is 10.9 Å². The molecule has 1 aliphatic carbocycles. The number of rotatable bonds is 6. The lowest BCUT2D eigenvalue weighted by molar-refractivity contribution is 0.0526. The molecular weight excluding hydrogens is 423 g/mol. The minimum absolute atomic E-state index is 0. The van der Waals surface area contributed by atoms with Crippen molar-refractivity contribution in [1.82, 2.24) is 15.5 Å². The zero-order valence-corrected chi connectivity index (χ0v) is 18.6. The van der Waals surface area contributed by atoms with E-state index < -0.39 is 0 Å². The molecule has 2 unspecified atom stereocenters. The lowest BCUT2D eigenvalue weighted by Gasteiger charge is -2.47. The van der Waals surface area contributed by atoms with Crippen LogP contribution in [0.5, 0.6) is 0 Å². The van der Waals surface area contributed by atoms with E-state index >= 15 is 0 Å². The molecule has 0 amide bonds. The Kier molecular flexibility index (Phi) is 9.31. The maximum atomic E-state index is 4.45. The molecule has 5 heteroatoms. The molecule has 0 aromatic heterocycles. The van der Waals surface area contributed by atoms with Gasteiger partial charge in [0.1, 0.15) is 0 Å². The van der Waals surface area contributed by atoms with Crippen molar-refractivity contribution in [2.75, 3.05) is 20.6 Å². The number of nitrogens with one attached hydrogen (secondary N) is 2. The average molecular weight is 462 g/mol. The van der Waals surface area contributed by atoms with Gasteiger partial charge in [0.2, 0.25) is 0 Å². The largest absolute Gasteiger partial charge is 0.356 e. The molecule has 146 valence electrons. The van der Waals surface area contributed by atoms with Crippen LogP contribution >= 0.6 is 24.0 Å². The molecule has 2 saturated heterocycles. The van der Waals surface area contributed by atoms with Crippen LogP contribution in [0.2, 0.25) is 0 Å². The van der Waals surface area contributed by atoms with E-state index in [2.05, 4.69) is 27.6 Å². The highest BCUT2D eigenvalue weighted by Gasteiger charge is 2.36. The summed E-state index contributed by atoms with van der Waals surface area (Å²) in [7, 11) is 4.23. The molecule has 3 rings (SSSR count). The first-order valence-electron chi connectivity index (χ1n) is 10.5. The predicted octanol–water partition coefficient (Wildman–Crippen LogP) is 4.15. The van der Waals surface area contributed by atoms with E-state index in [0.717, 1.165) is 30.5 Å². The summed E-state index contributed by atoms with van der Waals surface area (Å²) in [5.74, 6) is 2.05. The Balaban J connectivity index is 0.00000225. The Hall–Kier alpha value is -0.0400. The Morgan fingerprint density at radius 3 is 2.32 bits per heavy atom. The number of aliphatic imine (C=N–C) groups is 1. The summed E-state index contributed by atoms with van der Waals surface area (Å²) in [4.78, 5) is 7.08. The van der Waals surface area contributed by atoms with Crippen LogP contribution < -0.4 is 10.6 Å². The molecule has 2 bridgehead atoms. The van der Waals surface area contributed by atoms with E-state index in [1.54, 1.807) is 0 Å². The molecule has 4 nitrogen and oxygen atoms in total. The second-order valence-electron chi connectivity index (χ2n) is 8.36. The zero-order valence-electron chi connectivity index (χ0n) is 16.3. The number of unbranched alkanes of at least 4 members (excludes halogenated alkanes) is 1. The number of hydrogen-bond acceptors (Lipinski definition) is 2. The fourth-order valence-electron chi connectivity index (χ4n) is 5.19. The van der Waals surface area contributed by atoms with Gasteiger partial charge in [0.25, 0.3) is 0 Å². The van der Waals surface area contributed by atoms with Crippen LogP contribution in [-0.4, -0.2) is 49.6 Å².